The highest BCUT2D eigenvalue weighted by Gasteiger charge is 2.75. The maximum Gasteiger partial charge on any atom is 0.327 e. The van der Waals surface area contributed by atoms with Gasteiger partial charge in [0.1, 0.15) is 0 Å². The van der Waals surface area contributed by atoms with Crippen LogP contribution in [0.15, 0.2) is 25.3 Å². The first kappa shape index (κ1) is 21.4. The minimum atomic E-state index is -0.981. The van der Waals surface area contributed by atoms with E-state index in [2.05, 4.69) is 13.2 Å². The molecule has 3 rings (SSSR count). The van der Waals surface area contributed by atoms with E-state index >= 15 is 0 Å². The zero-order valence-electron chi connectivity index (χ0n) is 14.4. The third kappa shape index (κ3) is 3.49. The zero-order valence-corrected chi connectivity index (χ0v) is 14.4. The summed E-state index contributed by atoms with van der Waals surface area (Å²) in [6.07, 6.45) is 6.09. The zero-order chi connectivity index (χ0) is 20.1. The molecule has 0 spiro atoms. The van der Waals surface area contributed by atoms with Gasteiger partial charge in [-0.05, 0) is 43.9 Å². The smallest absolute Gasteiger partial charge is 0.327 e. The van der Waals surface area contributed by atoms with Crippen LogP contribution < -0.4 is 0 Å². The number of rotatable bonds is 4. The van der Waals surface area contributed by atoms with Gasteiger partial charge in [-0.2, -0.15) is 0 Å². The van der Waals surface area contributed by atoms with Crippen molar-refractivity contribution < 1.29 is 39.6 Å². The molecule has 8 nitrogen and oxygen atoms in total. The topological polar surface area (TPSA) is 149 Å². The van der Waals surface area contributed by atoms with Gasteiger partial charge in [0.25, 0.3) is 0 Å². The first-order chi connectivity index (χ1) is 12.1. The Hall–Kier alpha value is -2.64. The monoisotopic (exact) mass is 368 g/mol. The fraction of sp³-hybridized carbons (Fsp3) is 0.556. The molecule has 0 heterocycles. The average molecular weight is 368 g/mol. The first-order valence-corrected chi connectivity index (χ1v) is 8.26. The highest BCUT2D eigenvalue weighted by atomic mass is 16.4. The van der Waals surface area contributed by atoms with Crippen molar-refractivity contribution in [2.45, 2.75) is 38.5 Å². The molecule has 26 heavy (non-hydrogen) atoms. The van der Waals surface area contributed by atoms with Crippen molar-refractivity contribution in [3.63, 3.8) is 0 Å². The molecule has 0 saturated heterocycles. The Labute approximate surface area is 150 Å². The largest absolute Gasteiger partial charge is 0.481 e. The van der Waals surface area contributed by atoms with Gasteiger partial charge in [0.15, 0.2) is 0 Å². The van der Waals surface area contributed by atoms with E-state index in [1.54, 1.807) is 0 Å². The van der Waals surface area contributed by atoms with Crippen LogP contribution in [0, 0.1) is 22.7 Å². The summed E-state index contributed by atoms with van der Waals surface area (Å²) >= 11 is 0. The van der Waals surface area contributed by atoms with Gasteiger partial charge in [-0.3, -0.25) is 9.59 Å². The van der Waals surface area contributed by atoms with E-state index in [0.717, 1.165) is 31.4 Å². The molecular formula is C18H24O8. The van der Waals surface area contributed by atoms with E-state index in [1.807, 2.05) is 0 Å². The van der Waals surface area contributed by atoms with Gasteiger partial charge in [-0.1, -0.05) is 19.6 Å². The Morgan fingerprint density at radius 3 is 1.73 bits per heavy atom. The molecule has 0 radical (unpaired) electrons. The van der Waals surface area contributed by atoms with Gasteiger partial charge >= 0.3 is 23.9 Å². The minimum absolute atomic E-state index is 0.120. The fourth-order valence-corrected chi connectivity index (χ4v) is 4.95. The predicted molar refractivity (Wildman–Crippen MR) is 90.5 cm³/mol. The van der Waals surface area contributed by atoms with Crippen molar-refractivity contribution >= 4 is 23.9 Å². The second kappa shape index (κ2) is 8.16. The summed E-state index contributed by atoms with van der Waals surface area (Å²) in [6.45, 7) is 5.92. The van der Waals surface area contributed by atoms with Crippen molar-refractivity contribution in [3.8, 4) is 0 Å². The number of carboxylic acids is 4. The molecule has 144 valence electrons. The molecule has 0 aromatic heterocycles. The number of carboxylic acid groups (broad SMARTS) is 4. The summed E-state index contributed by atoms with van der Waals surface area (Å²) in [6, 6.07) is 0. The summed E-state index contributed by atoms with van der Waals surface area (Å²) in [5.41, 5.74) is -1.90. The van der Waals surface area contributed by atoms with E-state index in [9.17, 15) is 29.4 Å². The lowest BCUT2D eigenvalue weighted by molar-refractivity contribution is -0.175. The Kier molecular flexibility index (Phi) is 6.72. The summed E-state index contributed by atoms with van der Waals surface area (Å²) in [5.74, 6) is -3.24. The standard InChI is InChI=1S/C12H16O4.2C3H4O2/c13-9(14)11-5-3-7(6-11)8-2-1-4-12(8,11)10(15)16;2*1-2-3(4)5/h7-8H,1-6H2,(H,13,14)(H,15,16);2*2H,1H2,(H,4,5). The molecule has 0 amide bonds. The van der Waals surface area contributed by atoms with Crippen molar-refractivity contribution in [2.75, 3.05) is 0 Å². The third-order valence-corrected chi connectivity index (χ3v) is 5.84. The van der Waals surface area contributed by atoms with Crippen LogP contribution in [0.4, 0.5) is 0 Å². The first-order valence-electron chi connectivity index (χ1n) is 8.26. The van der Waals surface area contributed by atoms with Gasteiger partial charge in [0, 0.05) is 12.2 Å². The van der Waals surface area contributed by atoms with E-state index in [-0.39, 0.29) is 5.92 Å². The number of hydrogen-bond acceptors (Lipinski definition) is 4. The van der Waals surface area contributed by atoms with Crippen molar-refractivity contribution in [2.24, 2.45) is 22.7 Å². The highest BCUT2D eigenvalue weighted by molar-refractivity contribution is 5.89. The third-order valence-electron chi connectivity index (χ3n) is 5.84. The van der Waals surface area contributed by atoms with Crippen molar-refractivity contribution in [3.05, 3.63) is 25.3 Å². The molecule has 0 aliphatic heterocycles. The molecule has 3 aliphatic carbocycles. The number of aliphatic carboxylic acids is 4. The second-order valence-electron chi connectivity index (χ2n) is 6.75. The van der Waals surface area contributed by atoms with Gasteiger partial charge in [0.2, 0.25) is 0 Å². The van der Waals surface area contributed by atoms with Crippen molar-refractivity contribution in [1.82, 2.24) is 0 Å². The maximum atomic E-state index is 11.6. The van der Waals surface area contributed by atoms with Crippen LogP contribution in [0.1, 0.15) is 38.5 Å². The number of carbonyl (C=O) groups is 4. The lowest BCUT2D eigenvalue weighted by Crippen LogP contribution is -2.51. The van der Waals surface area contributed by atoms with E-state index < -0.39 is 34.7 Å². The number of fused-ring (bicyclic) bond motifs is 5. The van der Waals surface area contributed by atoms with Gasteiger partial charge < -0.3 is 20.4 Å². The molecule has 0 aromatic rings. The van der Waals surface area contributed by atoms with Gasteiger partial charge in [-0.25, -0.2) is 9.59 Å². The Balaban J connectivity index is 0.000000284. The van der Waals surface area contributed by atoms with Crippen LogP contribution in [0.3, 0.4) is 0 Å². The predicted octanol–water partition coefficient (Wildman–Crippen LogP) is 2.26. The fourth-order valence-electron chi connectivity index (χ4n) is 4.95. The second-order valence-corrected chi connectivity index (χ2v) is 6.75. The van der Waals surface area contributed by atoms with E-state index in [4.69, 9.17) is 10.2 Å². The summed E-state index contributed by atoms with van der Waals surface area (Å²) in [4.78, 5) is 41.7. The lowest BCUT2D eigenvalue weighted by Gasteiger charge is -2.41. The maximum absolute atomic E-state index is 11.6. The van der Waals surface area contributed by atoms with Crippen LogP contribution in [0.5, 0.6) is 0 Å². The quantitative estimate of drug-likeness (QED) is 0.552. The molecule has 3 fully saturated rings. The van der Waals surface area contributed by atoms with E-state index in [0.29, 0.717) is 25.2 Å². The summed E-state index contributed by atoms with van der Waals surface area (Å²) in [5, 5.41) is 34.2. The SMILES string of the molecule is C=CC(=O)O.C=CC(=O)O.O=C(O)C12CCC(C1)C1CCCC12C(=O)O. The van der Waals surface area contributed by atoms with Crippen molar-refractivity contribution in [1.29, 1.82) is 0 Å². The molecule has 4 unspecified atom stereocenters. The molecule has 0 aromatic carbocycles. The summed E-state index contributed by atoms with van der Waals surface area (Å²) < 4.78 is 0. The lowest BCUT2D eigenvalue weighted by atomic mass is 9.59. The van der Waals surface area contributed by atoms with Gasteiger partial charge in [-0.15, -0.1) is 0 Å². The van der Waals surface area contributed by atoms with Crippen LogP contribution >= 0.6 is 0 Å². The van der Waals surface area contributed by atoms with Crippen LogP contribution in [-0.4, -0.2) is 44.3 Å². The Morgan fingerprint density at radius 1 is 0.846 bits per heavy atom. The Morgan fingerprint density at radius 2 is 1.35 bits per heavy atom. The molecular weight excluding hydrogens is 344 g/mol. The van der Waals surface area contributed by atoms with Crippen LogP contribution in [-0.2, 0) is 19.2 Å². The van der Waals surface area contributed by atoms with Crippen LogP contribution in [0.2, 0.25) is 0 Å². The molecule has 3 aliphatic rings. The summed E-state index contributed by atoms with van der Waals surface area (Å²) in [7, 11) is 0. The Bertz CT molecular complexity index is 607. The molecule has 3 saturated carbocycles. The van der Waals surface area contributed by atoms with E-state index in [1.165, 1.54) is 0 Å². The number of hydrogen-bond donors (Lipinski definition) is 4. The molecule has 8 heteroatoms. The average Bonchev–Trinajstić information content (AvgIpc) is 3.26. The highest BCUT2D eigenvalue weighted by Crippen LogP contribution is 2.72. The van der Waals surface area contributed by atoms with Gasteiger partial charge in [0.05, 0.1) is 10.8 Å². The minimum Gasteiger partial charge on any atom is -0.481 e. The van der Waals surface area contributed by atoms with Crippen LogP contribution in [0.25, 0.3) is 0 Å². The molecule has 4 atom stereocenters. The normalized spacial score (nSPS) is 32.8. The molecule has 4 N–H and O–H groups in total. The molecule has 2 bridgehead atoms.